The maximum atomic E-state index is 14.3. The highest BCUT2D eigenvalue weighted by Crippen LogP contribution is 2.31. The summed E-state index contributed by atoms with van der Waals surface area (Å²) in [5, 5.41) is 19.6. The molecule has 288 valence electrons. The van der Waals surface area contributed by atoms with Gasteiger partial charge >= 0.3 is 12.1 Å². The number of ketones is 1. The Labute approximate surface area is 305 Å². The molecule has 5 N–H and O–H groups in total. The number of carbonyl (C=O) groups is 7. The number of carbonyl (C=O) groups excluding carboxylic acids is 6. The van der Waals surface area contributed by atoms with Gasteiger partial charge in [0.15, 0.2) is 6.04 Å². The molecular formula is C37H55N5O10. The summed E-state index contributed by atoms with van der Waals surface area (Å²) in [5.41, 5.74) is -0.272. The minimum absolute atomic E-state index is 0.0701. The minimum atomic E-state index is -1.37. The van der Waals surface area contributed by atoms with E-state index < -0.39 is 90.0 Å². The largest absolute Gasteiger partial charge is 0.479 e. The number of ether oxygens (including phenoxy) is 2. The van der Waals surface area contributed by atoms with Gasteiger partial charge in [-0.1, -0.05) is 62.9 Å². The van der Waals surface area contributed by atoms with Gasteiger partial charge in [-0.05, 0) is 65.4 Å². The normalized spacial score (nSPS) is 19.6. The maximum absolute atomic E-state index is 14.3. The minimum Gasteiger partial charge on any atom is -0.479 e. The number of nitrogens with one attached hydrogen (secondary N) is 4. The Bertz CT molecular complexity index is 1420. The molecule has 5 atom stereocenters. The summed E-state index contributed by atoms with van der Waals surface area (Å²) < 4.78 is 11.5. The number of hydrogen-bond donors (Lipinski definition) is 5. The first-order valence-corrected chi connectivity index (χ1v) is 18.2. The van der Waals surface area contributed by atoms with Crippen molar-refractivity contribution in [2.75, 3.05) is 13.1 Å². The van der Waals surface area contributed by atoms with Crippen LogP contribution in [0.3, 0.4) is 0 Å². The van der Waals surface area contributed by atoms with E-state index >= 15 is 0 Å². The van der Waals surface area contributed by atoms with Gasteiger partial charge in [-0.2, -0.15) is 0 Å². The van der Waals surface area contributed by atoms with Crippen LogP contribution in [0.25, 0.3) is 0 Å². The van der Waals surface area contributed by atoms with Crippen molar-refractivity contribution in [2.45, 2.75) is 135 Å². The molecule has 0 aromatic heterocycles. The first-order valence-electron chi connectivity index (χ1n) is 18.2. The van der Waals surface area contributed by atoms with Gasteiger partial charge in [0.2, 0.25) is 23.5 Å². The van der Waals surface area contributed by atoms with Gasteiger partial charge in [0.05, 0.1) is 30.4 Å². The van der Waals surface area contributed by atoms with Crippen LogP contribution in [0.5, 0.6) is 0 Å². The van der Waals surface area contributed by atoms with Crippen molar-refractivity contribution in [1.82, 2.24) is 26.2 Å². The Morgan fingerprint density at radius 3 is 2.17 bits per heavy atom. The number of Topliss-reactive ketones (excluding diaryl/α,β-unsaturated/α-hetero) is 1. The van der Waals surface area contributed by atoms with Crippen molar-refractivity contribution in [2.24, 2.45) is 5.92 Å². The highest BCUT2D eigenvalue weighted by Gasteiger charge is 2.46. The lowest BCUT2D eigenvalue weighted by molar-refractivity contribution is -0.144. The fourth-order valence-corrected chi connectivity index (χ4v) is 6.65. The number of carboxylic acid groups (broad SMARTS) is 1. The molecule has 1 saturated heterocycles. The molecule has 15 nitrogen and oxygen atoms in total. The topological polar surface area (TPSA) is 210 Å². The number of benzene rings is 1. The van der Waals surface area contributed by atoms with Crippen LogP contribution in [0.4, 0.5) is 4.79 Å². The van der Waals surface area contributed by atoms with Crippen LogP contribution < -0.4 is 21.3 Å². The quantitative estimate of drug-likeness (QED) is 0.157. The van der Waals surface area contributed by atoms with Gasteiger partial charge in [0.1, 0.15) is 12.1 Å². The van der Waals surface area contributed by atoms with E-state index in [0.717, 1.165) is 19.3 Å². The number of hydrogen-bond acceptors (Lipinski definition) is 9. The summed E-state index contributed by atoms with van der Waals surface area (Å²) in [5.74, 6) is -5.57. The van der Waals surface area contributed by atoms with Crippen LogP contribution in [-0.2, 0) is 38.2 Å². The van der Waals surface area contributed by atoms with Crippen LogP contribution in [0.2, 0.25) is 0 Å². The molecule has 1 heterocycles. The number of nitrogens with zero attached hydrogens (tertiary/aromatic N) is 1. The summed E-state index contributed by atoms with van der Waals surface area (Å²) in [6, 6.07) is 3.34. The van der Waals surface area contributed by atoms with Gasteiger partial charge in [-0.15, -0.1) is 0 Å². The molecule has 1 aliphatic heterocycles. The van der Waals surface area contributed by atoms with E-state index in [2.05, 4.69) is 21.3 Å². The fourth-order valence-electron chi connectivity index (χ4n) is 6.65. The smallest absolute Gasteiger partial charge is 0.408 e. The molecule has 3 unspecified atom stereocenters. The average molecular weight is 730 g/mol. The monoisotopic (exact) mass is 729 g/mol. The SMILES string of the molecule is CCCC(NC(=O)C1C[C@@H](OC(C)(C)C)CN1C(=O)C(NC(=O)OC(C)C)C1CCCCC1)C(=O)C(=O)NCC(=O)N[C@H](C(=O)O)c1ccccc1. The van der Waals surface area contributed by atoms with Gasteiger partial charge in [0.25, 0.3) is 5.91 Å². The molecule has 0 spiro atoms. The molecule has 1 saturated carbocycles. The Kier molecular flexibility index (Phi) is 15.6. The summed E-state index contributed by atoms with van der Waals surface area (Å²) in [6.45, 7) is 10.1. The third kappa shape index (κ3) is 12.6. The lowest BCUT2D eigenvalue weighted by Crippen LogP contribution is -2.58. The van der Waals surface area contributed by atoms with Crippen LogP contribution in [0, 0.1) is 5.92 Å². The highest BCUT2D eigenvalue weighted by atomic mass is 16.6. The third-order valence-corrected chi connectivity index (χ3v) is 8.90. The zero-order valence-corrected chi connectivity index (χ0v) is 31.1. The number of carboxylic acids is 1. The zero-order valence-electron chi connectivity index (χ0n) is 31.1. The summed E-state index contributed by atoms with van der Waals surface area (Å²) in [6.07, 6.45) is 3.21. The molecule has 52 heavy (non-hydrogen) atoms. The van der Waals surface area contributed by atoms with Crippen molar-refractivity contribution in [3.63, 3.8) is 0 Å². The molecule has 15 heteroatoms. The molecule has 1 aliphatic carbocycles. The van der Waals surface area contributed by atoms with E-state index in [1.807, 2.05) is 20.8 Å². The first kappa shape index (κ1) is 41.9. The molecule has 0 radical (unpaired) electrons. The lowest BCUT2D eigenvalue weighted by atomic mass is 9.83. The molecular weight excluding hydrogens is 674 g/mol. The number of likely N-dealkylation sites (tertiary alicyclic amines) is 1. The third-order valence-electron chi connectivity index (χ3n) is 8.90. The van der Waals surface area contributed by atoms with Crippen LogP contribution in [0.1, 0.15) is 105 Å². The molecule has 2 fully saturated rings. The molecule has 1 aromatic rings. The van der Waals surface area contributed by atoms with Crippen molar-refractivity contribution < 1.29 is 48.1 Å². The van der Waals surface area contributed by atoms with Crippen LogP contribution in [0.15, 0.2) is 30.3 Å². The second-order valence-corrected chi connectivity index (χ2v) is 14.7. The Morgan fingerprint density at radius 1 is 0.942 bits per heavy atom. The van der Waals surface area contributed by atoms with Gasteiger partial charge in [-0.25, -0.2) is 9.59 Å². The predicted octanol–water partition coefficient (Wildman–Crippen LogP) is 2.77. The van der Waals surface area contributed by atoms with E-state index in [1.165, 1.54) is 17.0 Å². The summed E-state index contributed by atoms with van der Waals surface area (Å²) in [4.78, 5) is 93.0. The Morgan fingerprint density at radius 2 is 1.60 bits per heavy atom. The maximum Gasteiger partial charge on any atom is 0.408 e. The molecule has 3 rings (SSSR count). The second kappa shape index (κ2) is 19.3. The van der Waals surface area contributed by atoms with Crippen molar-refractivity contribution in [3.05, 3.63) is 35.9 Å². The van der Waals surface area contributed by atoms with Crippen molar-refractivity contribution in [3.8, 4) is 0 Å². The van der Waals surface area contributed by atoms with Crippen LogP contribution >= 0.6 is 0 Å². The van der Waals surface area contributed by atoms with Crippen molar-refractivity contribution in [1.29, 1.82) is 0 Å². The zero-order chi connectivity index (χ0) is 38.6. The number of aliphatic carboxylic acids is 1. The van der Waals surface area contributed by atoms with Gasteiger partial charge < -0.3 is 40.7 Å². The predicted molar refractivity (Wildman–Crippen MR) is 190 cm³/mol. The standard InChI is InChI=1S/C37H55N5O10/c1-7-14-26(31(44)33(46)38-20-28(43)40-30(35(48)49)24-17-12-9-13-18-24)39-32(45)27-19-25(52-37(4,5)6)21-42(27)34(47)29(23-15-10-8-11-16-23)41-36(50)51-22(2)3/h9,12-13,17-18,22-23,25-27,29-30H,7-8,10-11,14-16,19-21H2,1-6H3,(H,38,46)(H,39,45)(H,40,43)(H,41,50)(H,48,49)/t25-,26?,27?,29?,30+/m1/s1. The van der Waals surface area contributed by atoms with E-state index in [-0.39, 0.29) is 25.3 Å². The van der Waals surface area contributed by atoms with Gasteiger partial charge in [0, 0.05) is 13.0 Å². The van der Waals surface area contributed by atoms with Crippen LogP contribution in [-0.4, -0.2) is 101 Å². The molecule has 0 bridgehead atoms. The first-order chi connectivity index (χ1) is 24.5. The Balaban J connectivity index is 1.76. The number of amides is 5. The summed E-state index contributed by atoms with van der Waals surface area (Å²) >= 11 is 0. The van der Waals surface area contributed by atoms with E-state index in [9.17, 15) is 38.7 Å². The highest BCUT2D eigenvalue weighted by molar-refractivity contribution is 6.38. The van der Waals surface area contributed by atoms with Gasteiger partial charge in [-0.3, -0.25) is 24.0 Å². The Hall–Kier alpha value is -4.53. The number of rotatable bonds is 16. The van der Waals surface area contributed by atoms with E-state index in [1.54, 1.807) is 39.0 Å². The van der Waals surface area contributed by atoms with E-state index in [0.29, 0.717) is 24.8 Å². The number of alkyl carbamates (subject to hydrolysis) is 1. The molecule has 1 aromatic carbocycles. The molecule has 2 aliphatic rings. The second-order valence-electron chi connectivity index (χ2n) is 14.7. The van der Waals surface area contributed by atoms with E-state index in [4.69, 9.17) is 9.47 Å². The van der Waals surface area contributed by atoms with Crippen molar-refractivity contribution >= 4 is 41.5 Å². The fraction of sp³-hybridized carbons (Fsp3) is 0.649. The lowest BCUT2D eigenvalue weighted by Gasteiger charge is -2.34. The molecule has 5 amide bonds. The summed E-state index contributed by atoms with van der Waals surface area (Å²) in [7, 11) is 0. The average Bonchev–Trinajstić information content (AvgIpc) is 3.50.